The second kappa shape index (κ2) is 7.85. The van der Waals surface area contributed by atoms with Crippen molar-refractivity contribution in [2.45, 2.75) is 48.7 Å². The Kier molecular flexibility index (Phi) is 6.50. The third-order valence-corrected chi connectivity index (χ3v) is 4.47. The van der Waals surface area contributed by atoms with Gasteiger partial charge in [0.25, 0.3) is 0 Å². The minimum atomic E-state index is -2.20. The molecule has 8 N–H and O–H groups in total. The van der Waals surface area contributed by atoms with E-state index in [1.807, 2.05) is 0 Å². The van der Waals surface area contributed by atoms with Gasteiger partial charge in [-0.05, 0) is 0 Å². The highest BCUT2D eigenvalue weighted by atomic mass is 16.8. The second-order valence-electron chi connectivity index (χ2n) is 5.92. The Balaban J connectivity index is 2.18. The van der Waals surface area contributed by atoms with Crippen LogP contribution >= 0.6 is 0 Å². The van der Waals surface area contributed by atoms with E-state index in [1.165, 1.54) is 0 Å². The van der Waals surface area contributed by atoms with E-state index in [0.717, 1.165) is 0 Å². The molecule has 0 aromatic rings. The quantitative estimate of drug-likeness (QED) is 0.227. The molecule has 2 aliphatic heterocycles. The first kappa shape index (κ1) is 19.9. The molecule has 2 aliphatic rings. The van der Waals surface area contributed by atoms with E-state index in [4.69, 9.17) is 19.3 Å². The summed E-state index contributed by atoms with van der Waals surface area (Å²) in [4.78, 5) is 0. The van der Waals surface area contributed by atoms with Gasteiger partial charge in [0.2, 0.25) is 5.79 Å². The first-order chi connectivity index (χ1) is 11.3. The average Bonchev–Trinajstić information content (AvgIpc) is 2.83. The molecule has 0 saturated carbocycles. The van der Waals surface area contributed by atoms with Gasteiger partial charge in [-0.25, -0.2) is 0 Å². The molecule has 142 valence electrons. The lowest BCUT2D eigenvalue weighted by molar-refractivity contribution is -0.381. The SMILES string of the molecule is OCC1O[C@H](O[C@]2(CO)O[C@H](CO)[C@@H](O)[C@@H]2O)C(O)C(O)[C@@H]1CO. The second-order valence-corrected chi connectivity index (χ2v) is 5.92. The summed E-state index contributed by atoms with van der Waals surface area (Å²) in [6.45, 7) is -2.76. The van der Waals surface area contributed by atoms with Gasteiger partial charge < -0.3 is 55.1 Å². The highest BCUT2D eigenvalue weighted by molar-refractivity contribution is 4.98. The molecule has 0 aliphatic carbocycles. The van der Waals surface area contributed by atoms with Crippen molar-refractivity contribution in [3.8, 4) is 0 Å². The number of hydrogen-bond donors (Lipinski definition) is 8. The van der Waals surface area contributed by atoms with Crippen molar-refractivity contribution in [1.82, 2.24) is 0 Å². The molecule has 0 spiro atoms. The molecule has 2 saturated heterocycles. The number of aliphatic hydroxyl groups is 8. The molecule has 11 heteroatoms. The van der Waals surface area contributed by atoms with Crippen molar-refractivity contribution < 1.29 is 55.1 Å². The number of aliphatic hydroxyl groups excluding tert-OH is 8. The van der Waals surface area contributed by atoms with E-state index in [9.17, 15) is 35.7 Å². The number of hydrogen-bond acceptors (Lipinski definition) is 11. The lowest BCUT2D eigenvalue weighted by atomic mass is 9.90. The summed E-state index contributed by atoms with van der Waals surface area (Å²) in [6.07, 6.45) is -10.5. The van der Waals surface area contributed by atoms with Crippen LogP contribution in [0.25, 0.3) is 0 Å². The monoisotopic (exact) mass is 356 g/mol. The topological polar surface area (TPSA) is 190 Å². The van der Waals surface area contributed by atoms with Crippen LogP contribution in [0.15, 0.2) is 0 Å². The zero-order valence-electron chi connectivity index (χ0n) is 12.7. The Morgan fingerprint density at radius 1 is 0.792 bits per heavy atom. The van der Waals surface area contributed by atoms with Crippen LogP contribution in [0.3, 0.4) is 0 Å². The maximum Gasteiger partial charge on any atom is 0.224 e. The molecule has 0 bridgehead atoms. The van der Waals surface area contributed by atoms with Crippen molar-refractivity contribution in [3.63, 3.8) is 0 Å². The largest absolute Gasteiger partial charge is 0.396 e. The first-order valence-corrected chi connectivity index (χ1v) is 7.52. The summed E-state index contributed by atoms with van der Waals surface area (Å²) >= 11 is 0. The molecular weight excluding hydrogens is 332 g/mol. The molecule has 2 heterocycles. The fourth-order valence-corrected chi connectivity index (χ4v) is 2.96. The van der Waals surface area contributed by atoms with Crippen molar-refractivity contribution in [3.05, 3.63) is 0 Å². The average molecular weight is 356 g/mol. The maximum absolute atomic E-state index is 10.1. The van der Waals surface area contributed by atoms with E-state index < -0.39 is 81.0 Å². The number of ether oxygens (including phenoxy) is 3. The molecule has 0 radical (unpaired) electrons. The Morgan fingerprint density at radius 3 is 1.88 bits per heavy atom. The normalized spacial score (nSPS) is 49.5. The fourth-order valence-electron chi connectivity index (χ4n) is 2.96. The summed E-state index contributed by atoms with van der Waals surface area (Å²) in [5.74, 6) is -3.18. The van der Waals surface area contributed by atoms with Crippen LogP contribution in [0.2, 0.25) is 0 Å². The molecule has 2 rings (SSSR count). The van der Waals surface area contributed by atoms with Crippen molar-refractivity contribution in [1.29, 1.82) is 0 Å². The molecule has 2 fully saturated rings. The van der Waals surface area contributed by atoms with E-state index in [1.54, 1.807) is 0 Å². The zero-order valence-corrected chi connectivity index (χ0v) is 12.7. The standard InChI is InChI=1S/C13H24O11/c14-1-5-6(2-15)22-12(10(20)8(5)18)24-13(4-17)11(21)9(19)7(3-16)23-13/h5-12,14-21H,1-4H2/t5-,6?,7-,8?,9-,10?,11+,12-,13+/m1/s1. The lowest BCUT2D eigenvalue weighted by Gasteiger charge is -2.44. The van der Waals surface area contributed by atoms with E-state index >= 15 is 0 Å². The summed E-state index contributed by atoms with van der Waals surface area (Å²) in [6, 6.07) is 0. The van der Waals surface area contributed by atoms with Crippen LogP contribution in [-0.2, 0) is 14.2 Å². The van der Waals surface area contributed by atoms with Gasteiger partial charge in [0, 0.05) is 5.92 Å². The van der Waals surface area contributed by atoms with Gasteiger partial charge >= 0.3 is 0 Å². The van der Waals surface area contributed by atoms with Crippen LogP contribution in [0.4, 0.5) is 0 Å². The molecule has 9 atom stereocenters. The predicted molar refractivity (Wildman–Crippen MR) is 73.2 cm³/mol. The molecule has 0 aromatic carbocycles. The van der Waals surface area contributed by atoms with E-state index in [2.05, 4.69) is 0 Å². The minimum Gasteiger partial charge on any atom is -0.396 e. The van der Waals surface area contributed by atoms with Gasteiger partial charge in [-0.1, -0.05) is 0 Å². The number of rotatable bonds is 6. The Bertz CT molecular complexity index is 407. The van der Waals surface area contributed by atoms with Gasteiger partial charge in [-0.15, -0.1) is 0 Å². The van der Waals surface area contributed by atoms with Crippen molar-refractivity contribution >= 4 is 0 Å². The van der Waals surface area contributed by atoms with Gasteiger partial charge in [-0.3, -0.25) is 0 Å². The summed E-state index contributed by atoms with van der Waals surface area (Å²) < 4.78 is 15.7. The van der Waals surface area contributed by atoms with Crippen LogP contribution in [0, 0.1) is 5.92 Å². The van der Waals surface area contributed by atoms with Crippen LogP contribution in [0.5, 0.6) is 0 Å². The van der Waals surface area contributed by atoms with Gasteiger partial charge in [0.15, 0.2) is 6.29 Å². The van der Waals surface area contributed by atoms with E-state index in [0.29, 0.717) is 0 Å². The fraction of sp³-hybridized carbons (Fsp3) is 1.00. The third-order valence-electron chi connectivity index (χ3n) is 4.47. The smallest absolute Gasteiger partial charge is 0.224 e. The first-order valence-electron chi connectivity index (χ1n) is 7.52. The van der Waals surface area contributed by atoms with Crippen LogP contribution in [-0.4, -0.2) is 116 Å². The lowest BCUT2D eigenvalue weighted by Crippen LogP contribution is -2.61. The Hall–Kier alpha value is -0.440. The third kappa shape index (κ3) is 3.30. The zero-order chi connectivity index (χ0) is 18.1. The highest BCUT2D eigenvalue weighted by Crippen LogP contribution is 2.36. The van der Waals surface area contributed by atoms with E-state index in [-0.39, 0.29) is 0 Å². The molecule has 3 unspecified atom stereocenters. The summed E-state index contributed by atoms with van der Waals surface area (Å²) in [5, 5.41) is 77.1. The van der Waals surface area contributed by atoms with Gasteiger partial charge in [0.05, 0.1) is 32.0 Å². The summed E-state index contributed by atoms with van der Waals surface area (Å²) in [5.41, 5.74) is 0. The maximum atomic E-state index is 10.1. The van der Waals surface area contributed by atoms with Crippen LogP contribution in [0.1, 0.15) is 0 Å². The molecule has 0 aromatic heterocycles. The van der Waals surface area contributed by atoms with Gasteiger partial charge in [0.1, 0.15) is 31.0 Å². The summed E-state index contributed by atoms with van der Waals surface area (Å²) in [7, 11) is 0. The van der Waals surface area contributed by atoms with Crippen molar-refractivity contribution in [2.24, 2.45) is 5.92 Å². The minimum absolute atomic E-state index is 0.564. The van der Waals surface area contributed by atoms with Gasteiger partial charge in [-0.2, -0.15) is 0 Å². The highest BCUT2D eigenvalue weighted by Gasteiger charge is 2.58. The molecule has 24 heavy (non-hydrogen) atoms. The Labute approximate surface area is 137 Å². The van der Waals surface area contributed by atoms with Crippen LogP contribution < -0.4 is 0 Å². The Morgan fingerprint density at radius 2 is 1.42 bits per heavy atom. The molecule has 11 nitrogen and oxygen atoms in total. The molecular formula is C13H24O11. The van der Waals surface area contributed by atoms with Crippen molar-refractivity contribution in [2.75, 3.05) is 26.4 Å². The predicted octanol–water partition coefficient (Wildman–Crippen LogP) is -5.15. The molecule has 0 amide bonds.